The molecule has 0 amide bonds. The number of dihydropyridines is 1. The molecule has 2 rings (SSSR count). The maximum Gasteiger partial charge on any atom is 0.417 e. The van der Waals surface area contributed by atoms with Gasteiger partial charge in [0.1, 0.15) is 0 Å². The summed E-state index contributed by atoms with van der Waals surface area (Å²) in [7, 11) is 0. The molecule has 0 aromatic heterocycles. The largest absolute Gasteiger partial charge is 0.417 e. The van der Waals surface area contributed by atoms with Gasteiger partial charge in [0, 0.05) is 17.4 Å². The van der Waals surface area contributed by atoms with Crippen LogP contribution in [0.25, 0.3) is 0 Å². The van der Waals surface area contributed by atoms with Crippen molar-refractivity contribution >= 4 is 17.3 Å². The smallest absolute Gasteiger partial charge is 0.364 e. The van der Waals surface area contributed by atoms with Crippen molar-refractivity contribution in [2.24, 2.45) is 0 Å². The SMILES string of the molecule is CC(C)N(CC1=CCC=CN1)c1ccc(Cl)c(C(F)(F)F)c1. The average Bonchev–Trinajstić information content (AvgIpc) is 2.45. The number of nitrogens with zero attached hydrogens (tertiary/aromatic N) is 1. The quantitative estimate of drug-likeness (QED) is 0.839. The molecule has 0 unspecified atom stereocenters. The molecule has 120 valence electrons. The van der Waals surface area contributed by atoms with Crippen molar-refractivity contribution in [3.63, 3.8) is 0 Å². The molecule has 1 aromatic carbocycles. The van der Waals surface area contributed by atoms with Crippen LogP contribution in [0.1, 0.15) is 25.8 Å². The third-order valence-electron chi connectivity index (χ3n) is 3.44. The Balaban J connectivity index is 2.31. The lowest BCUT2D eigenvalue weighted by Gasteiger charge is -2.31. The van der Waals surface area contributed by atoms with Crippen molar-refractivity contribution in [1.82, 2.24) is 5.32 Å². The summed E-state index contributed by atoms with van der Waals surface area (Å²) in [4.78, 5) is 1.91. The Labute approximate surface area is 133 Å². The molecule has 0 saturated heterocycles. The van der Waals surface area contributed by atoms with Crippen LogP contribution in [0.4, 0.5) is 18.9 Å². The van der Waals surface area contributed by atoms with Crippen molar-refractivity contribution in [2.45, 2.75) is 32.5 Å². The second-order valence-electron chi connectivity index (χ2n) is 5.40. The predicted molar refractivity (Wildman–Crippen MR) is 83.9 cm³/mol. The molecule has 0 atom stereocenters. The predicted octanol–water partition coefficient (Wildman–Crippen LogP) is 4.96. The summed E-state index contributed by atoms with van der Waals surface area (Å²) in [6.45, 7) is 4.41. The van der Waals surface area contributed by atoms with E-state index in [2.05, 4.69) is 5.32 Å². The van der Waals surface area contributed by atoms with Gasteiger partial charge in [-0.3, -0.25) is 0 Å². The van der Waals surface area contributed by atoms with Gasteiger partial charge in [-0.05, 0) is 44.7 Å². The van der Waals surface area contributed by atoms with Crippen LogP contribution in [0.15, 0.2) is 42.2 Å². The highest BCUT2D eigenvalue weighted by molar-refractivity contribution is 6.31. The van der Waals surface area contributed by atoms with Crippen LogP contribution in [0.2, 0.25) is 5.02 Å². The Morgan fingerprint density at radius 2 is 2.05 bits per heavy atom. The first-order valence-electron chi connectivity index (χ1n) is 7.03. The van der Waals surface area contributed by atoms with Gasteiger partial charge in [0.25, 0.3) is 0 Å². The van der Waals surface area contributed by atoms with Gasteiger partial charge in [-0.15, -0.1) is 0 Å². The van der Waals surface area contributed by atoms with Crippen molar-refractivity contribution < 1.29 is 13.2 Å². The van der Waals surface area contributed by atoms with Crippen molar-refractivity contribution in [3.8, 4) is 0 Å². The number of nitrogens with one attached hydrogen (secondary N) is 1. The zero-order valence-corrected chi connectivity index (χ0v) is 13.2. The summed E-state index contributed by atoms with van der Waals surface area (Å²) in [6.07, 6.45) is 2.21. The highest BCUT2D eigenvalue weighted by atomic mass is 35.5. The Bertz CT molecular complexity index is 592. The first-order valence-corrected chi connectivity index (χ1v) is 7.41. The van der Waals surface area contributed by atoms with Gasteiger partial charge in [-0.1, -0.05) is 23.8 Å². The average molecular weight is 331 g/mol. The molecule has 1 aliphatic rings. The number of hydrogen-bond acceptors (Lipinski definition) is 2. The summed E-state index contributed by atoms with van der Waals surface area (Å²) < 4.78 is 39.0. The van der Waals surface area contributed by atoms with E-state index >= 15 is 0 Å². The van der Waals surface area contributed by atoms with Gasteiger partial charge >= 0.3 is 6.18 Å². The molecule has 0 saturated carbocycles. The summed E-state index contributed by atoms with van der Waals surface area (Å²) in [6, 6.07) is 4.09. The monoisotopic (exact) mass is 330 g/mol. The molecule has 6 heteroatoms. The molecular weight excluding hydrogens is 313 g/mol. The number of allylic oxidation sites excluding steroid dienone is 2. The molecular formula is C16H18ClF3N2. The molecule has 1 heterocycles. The third kappa shape index (κ3) is 3.97. The van der Waals surface area contributed by atoms with Crippen LogP contribution in [-0.2, 0) is 6.18 Å². The number of hydrogen-bond donors (Lipinski definition) is 1. The summed E-state index contributed by atoms with van der Waals surface area (Å²) in [5, 5.41) is 2.84. The van der Waals surface area contributed by atoms with E-state index in [4.69, 9.17) is 11.6 Å². The minimum absolute atomic E-state index is 0.0517. The summed E-state index contributed by atoms with van der Waals surface area (Å²) in [5.74, 6) is 0. The molecule has 1 aromatic rings. The van der Waals surface area contributed by atoms with E-state index < -0.39 is 11.7 Å². The molecule has 0 radical (unpaired) electrons. The minimum atomic E-state index is -4.46. The molecule has 0 bridgehead atoms. The Kier molecular flexibility index (Phi) is 5.06. The summed E-state index contributed by atoms with van der Waals surface area (Å²) in [5.41, 5.74) is 0.673. The fraction of sp³-hybridized carbons (Fsp3) is 0.375. The molecule has 0 fully saturated rings. The molecule has 0 aliphatic carbocycles. The summed E-state index contributed by atoms with van der Waals surface area (Å²) >= 11 is 5.69. The molecule has 0 spiro atoms. The first kappa shape index (κ1) is 16.7. The van der Waals surface area contributed by atoms with Crippen molar-refractivity contribution in [2.75, 3.05) is 11.4 Å². The van der Waals surface area contributed by atoms with Crippen molar-refractivity contribution in [3.05, 3.63) is 52.8 Å². The van der Waals surface area contributed by atoms with E-state index in [1.54, 1.807) is 6.07 Å². The van der Waals surface area contributed by atoms with E-state index in [1.165, 1.54) is 6.07 Å². The molecule has 22 heavy (non-hydrogen) atoms. The maximum absolute atomic E-state index is 13.0. The number of rotatable bonds is 4. The Morgan fingerprint density at radius 3 is 2.59 bits per heavy atom. The third-order valence-corrected chi connectivity index (χ3v) is 3.77. The number of benzene rings is 1. The minimum Gasteiger partial charge on any atom is -0.364 e. The Morgan fingerprint density at radius 1 is 1.32 bits per heavy atom. The Hall–Kier alpha value is -1.62. The number of alkyl halides is 3. The number of anilines is 1. The van der Waals surface area contributed by atoms with Gasteiger partial charge in [0.15, 0.2) is 0 Å². The van der Waals surface area contributed by atoms with Crippen LogP contribution in [0, 0.1) is 0 Å². The lowest BCUT2D eigenvalue weighted by atomic mass is 10.1. The van der Waals surface area contributed by atoms with Crippen LogP contribution in [-0.4, -0.2) is 12.6 Å². The topological polar surface area (TPSA) is 15.3 Å². The highest BCUT2D eigenvalue weighted by Gasteiger charge is 2.34. The first-order chi connectivity index (χ1) is 10.3. The van der Waals surface area contributed by atoms with E-state index in [0.717, 1.165) is 18.2 Å². The normalized spacial score (nSPS) is 14.8. The van der Waals surface area contributed by atoms with E-state index in [0.29, 0.717) is 12.2 Å². The van der Waals surface area contributed by atoms with E-state index in [-0.39, 0.29) is 11.1 Å². The van der Waals surface area contributed by atoms with Crippen LogP contribution >= 0.6 is 11.6 Å². The fourth-order valence-electron chi connectivity index (χ4n) is 2.28. The van der Waals surface area contributed by atoms with Gasteiger partial charge in [-0.25, -0.2) is 0 Å². The lowest BCUT2D eigenvalue weighted by Crippen LogP contribution is -2.35. The van der Waals surface area contributed by atoms with E-state index in [1.807, 2.05) is 37.1 Å². The highest BCUT2D eigenvalue weighted by Crippen LogP contribution is 2.37. The van der Waals surface area contributed by atoms with Gasteiger partial charge < -0.3 is 10.2 Å². The van der Waals surface area contributed by atoms with Crippen molar-refractivity contribution in [1.29, 1.82) is 0 Å². The standard InChI is InChI=1S/C16H18ClF3N2/c1-11(2)22(10-12-5-3-4-8-21-12)13-6-7-15(17)14(9-13)16(18,19)20/h4-9,11,21H,3,10H2,1-2H3. The van der Waals surface area contributed by atoms with Gasteiger partial charge in [0.05, 0.1) is 17.1 Å². The van der Waals surface area contributed by atoms with Crippen LogP contribution < -0.4 is 10.2 Å². The van der Waals surface area contributed by atoms with Gasteiger partial charge in [-0.2, -0.15) is 13.2 Å². The maximum atomic E-state index is 13.0. The van der Waals surface area contributed by atoms with Crippen LogP contribution in [0.5, 0.6) is 0 Å². The molecule has 1 N–H and O–H groups in total. The molecule has 2 nitrogen and oxygen atoms in total. The lowest BCUT2D eigenvalue weighted by molar-refractivity contribution is -0.137. The second-order valence-corrected chi connectivity index (χ2v) is 5.80. The van der Waals surface area contributed by atoms with Gasteiger partial charge in [0.2, 0.25) is 0 Å². The fourth-order valence-corrected chi connectivity index (χ4v) is 2.50. The second kappa shape index (κ2) is 6.65. The molecule has 1 aliphatic heterocycles. The zero-order valence-electron chi connectivity index (χ0n) is 12.4. The van der Waals surface area contributed by atoms with E-state index in [9.17, 15) is 13.2 Å². The number of halogens is 4. The zero-order chi connectivity index (χ0) is 16.3. The van der Waals surface area contributed by atoms with Crippen LogP contribution in [0.3, 0.4) is 0 Å².